The molecule has 0 bridgehead atoms. The number of nitrogens with two attached hydrogens (primary N) is 1. The molecule has 1 heterocycles. The number of hydrogen-bond acceptors (Lipinski definition) is 3. The molecule has 0 atom stereocenters. The van der Waals surface area contributed by atoms with Crippen LogP contribution in [0.2, 0.25) is 0 Å². The monoisotopic (exact) mass is 332 g/mol. The predicted molar refractivity (Wildman–Crippen MR) is 83.1 cm³/mol. The molecule has 3 rings (SSSR count). The Morgan fingerprint density at radius 2 is 2.15 bits per heavy atom. The minimum Gasteiger partial charge on any atom is -0.437 e. The summed E-state index contributed by atoms with van der Waals surface area (Å²) in [7, 11) is 0. The second-order valence-corrected chi connectivity index (χ2v) is 6.01. The summed E-state index contributed by atoms with van der Waals surface area (Å²) in [4.78, 5) is 4.66. The highest BCUT2D eigenvalue weighted by Gasteiger charge is 2.17. The first-order valence-electron chi connectivity index (χ1n) is 6.83. The number of aryl methyl sites for hydroxylation is 3. The lowest BCUT2D eigenvalue weighted by molar-refractivity contribution is 0.451. The van der Waals surface area contributed by atoms with Gasteiger partial charge in [-0.2, -0.15) is 0 Å². The van der Waals surface area contributed by atoms with Crippen molar-refractivity contribution in [2.75, 3.05) is 0 Å². The normalized spacial score (nSPS) is 13.3. The number of halogens is 1. The van der Waals surface area contributed by atoms with Gasteiger partial charge in [-0.05, 0) is 71.4 Å². The van der Waals surface area contributed by atoms with Crippen LogP contribution in [0.4, 0.5) is 0 Å². The number of benzene rings is 1. The average molecular weight is 333 g/mol. The third-order valence-electron chi connectivity index (χ3n) is 3.60. The van der Waals surface area contributed by atoms with Crippen LogP contribution in [0.25, 0.3) is 0 Å². The quantitative estimate of drug-likeness (QED) is 0.927. The van der Waals surface area contributed by atoms with E-state index in [-0.39, 0.29) is 0 Å². The molecule has 0 amide bonds. The van der Waals surface area contributed by atoms with Crippen LogP contribution in [0.3, 0.4) is 0 Å². The van der Waals surface area contributed by atoms with E-state index in [4.69, 9.17) is 10.5 Å². The summed E-state index contributed by atoms with van der Waals surface area (Å²) in [6, 6.07) is 8.15. The zero-order valence-corrected chi connectivity index (χ0v) is 13.0. The summed E-state index contributed by atoms with van der Waals surface area (Å²) in [6.45, 7) is 2.49. The Bertz CT molecular complexity index is 655. The van der Waals surface area contributed by atoms with Crippen molar-refractivity contribution in [1.29, 1.82) is 0 Å². The molecule has 2 N–H and O–H groups in total. The van der Waals surface area contributed by atoms with E-state index >= 15 is 0 Å². The zero-order valence-electron chi connectivity index (χ0n) is 11.4. The summed E-state index contributed by atoms with van der Waals surface area (Å²) in [5.74, 6) is 1.41. The topological polar surface area (TPSA) is 48.1 Å². The molecular weight excluding hydrogens is 316 g/mol. The van der Waals surface area contributed by atoms with Gasteiger partial charge in [-0.25, -0.2) is 4.98 Å². The molecule has 4 heteroatoms. The number of pyridine rings is 1. The number of nitrogens with zero attached hydrogens (tertiary/aromatic N) is 1. The van der Waals surface area contributed by atoms with E-state index in [1.807, 2.05) is 25.1 Å². The molecule has 0 fully saturated rings. The lowest BCUT2D eigenvalue weighted by Crippen LogP contribution is -2.04. The number of ether oxygens (including phenoxy) is 1. The molecule has 0 radical (unpaired) electrons. The van der Waals surface area contributed by atoms with Crippen molar-refractivity contribution >= 4 is 15.9 Å². The molecule has 104 valence electrons. The van der Waals surface area contributed by atoms with E-state index in [9.17, 15) is 0 Å². The smallest absolute Gasteiger partial charge is 0.224 e. The Hall–Kier alpha value is -1.39. The van der Waals surface area contributed by atoms with Crippen LogP contribution in [0, 0.1) is 6.92 Å². The van der Waals surface area contributed by atoms with Gasteiger partial charge in [-0.1, -0.05) is 6.07 Å². The lowest BCUT2D eigenvalue weighted by Gasteiger charge is -2.12. The van der Waals surface area contributed by atoms with Crippen LogP contribution in [0.1, 0.15) is 28.8 Å². The number of fused-ring (bicyclic) bond motifs is 1. The summed E-state index contributed by atoms with van der Waals surface area (Å²) < 4.78 is 6.91. The maximum absolute atomic E-state index is 5.97. The lowest BCUT2D eigenvalue weighted by atomic mass is 10.1. The van der Waals surface area contributed by atoms with E-state index in [1.54, 1.807) is 0 Å². The molecule has 1 aliphatic carbocycles. The Balaban J connectivity index is 1.97. The first-order valence-corrected chi connectivity index (χ1v) is 7.62. The predicted octanol–water partition coefficient (Wildman–Crippen LogP) is 3.89. The Morgan fingerprint density at radius 1 is 1.30 bits per heavy atom. The molecular formula is C16H17BrN2O. The summed E-state index contributed by atoms with van der Waals surface area (Å²) in [6.07, 6.45) is 3.31. The first-order chi connectivity index (χ1) is 9.67. The Labute approximate surface area is 127 Å². The molecule has 0 unspecified atom stereocenters. The molecule has 1 aliphatic rings. The molecule has 1 aromatic carbocycles. The van der Waals surface area contributed by atoms with Gasteiger partial charge in [0.1, 0.15) is 5.75 Å². The summed E-state index contributed by atoms with van der Waals surface area (Å²) in [5, 5.41) is 0. The van der Waals surface area contributed by atoms with E-state index in [0.717, 1.165) is 34.3 Å². The van der Waals surface area contributed by atoms with Crippen molar-refractivity contribution in [1.82, 2.24) is 4.98 Å². The fraction of sp³-hybridized carbons (Fsp3) is 0.312. The van der Waals surface area contributed by atoms with Crippen molar-refractivity contribution in [3.8, 4) is 11.6 Å². The van der Waals surface area contributed by atoms with Gasteiger partial charge in [0.15, 0.2) is 0 Å². The molecule has 20 heavy (non-hydrogen) atoms. The number of aromatic nitrogens is 1. The maximum Gasteiger partial charge on any atom is 0.224 e. The van der Waals surface area contributed by atoms with Gasteiger partial charge >= 0.3 is 0 Å². The molecule has 0 saturated heterocycles. The highest BCUT2D eigenvalue weighted by molar-refractivity contribution is 9.10. The SMILES string of the molecule is Cc1ccc(Oc2nc3c(cc2CN)CCC3)c(Br)c1. The third-order valence-corrected chi connectivity index (χ3v) is 4.22. The molecule has 0 saturated carbocycles. The fourth-order valence-electron chi connectivity index (χ4n) is 2.53. The standard InChI is InChI=1S/C16H17BrN2O/c1-10-5-6-15(13(17)7-10)20-16-12(9-18)8-11-3-2-4-14(11)19-16/h5-8H,2-4,9,18H2,1H3. The molecule has 1 aromatic heterocycles. The van der Waals surface area contributed by atoms with Crippen molar-refractivity contribution in [3.05, 3.63) is 51.1 Å². The Morgan fingerprint density at radius 3 is 2.90 bits per heavy atom. The van der Waals surface area contributed by atoms with Gasteiger partial charge in [0.25, 0.3) is 0 Å². The first kappa shape index (κ1) is 13.6. The largest absolute Gasteiger partial charge is 0.437 e. The van der Waals surface area contributed by atoms with Gasteiger partial charge in [0.2, 0.25) is 5.88 Å². The van der Waals surface area contributed by atoms with Crippen molar-refractivity contribution in [2.24, 2.45) is 5.73 Å². The van der Waals surface area contributed by atoms with Crippen molar-refractivity contribution < 1.29 is 4.74 Å². The minimum atomic E-state index is 0.444. The van der Waals surface area contributed by atoms with Crippen LogP contribution in [0.5, 0.6) is 11.6 Å². The summed E-state index contributed by atoms with van der Waals surface area (Å²) >= 11 is 3.53. The zero-order chi connectivity index (χ0) is 14.1. The second-order valence-electron chi connectivity index (χ2n) is 5.15. The van der Waals surface area contributed by atoms with Crippen LogP contribution < -0.4 is 10.5 Å². The van der Waals surface area contributed by atoms with E-state index < -0.39 is 0 Å². The van der Waals surface area contributed by atoms with Crippen LogP contribution in [-0.2, 0) is 19.4 Å². The van der Waals surface area contributed by atoms with Gasteiger partial charge in [0.05, 0.1) is 4.47 Å². The third kappa shape index (κ3) is 2.58. The molecule has 3 nitrogen and oxygen atoms in total. The maximum atomic E-state index is 5.97. The van der Waals surface area contributed by atoms with E-state index in [1.165, 1.54) is 17.5 Å². The highest BCUT2D eigenvalue weighted by atomic mass is 79.9. The Kier molecular flexibility index (Phi) is 3.76. The number of hydrogen-bond donors (Lipinski definition) is 1. The van der Waals surface area contributed by atoms with Crippen molar-refractivity contribution in [2.45, 2.75) is 32.7 Å². The van der Waals surface area contributed by atoms with E-state index in [0.29, 0.717) is 12.4 Å². The van der Waals surface area contributed by atoms with Crippen molar-refractivity contribution in [3.63, 3.8) is 0 Å². The molecule has 0 spiro atoms. The summed E-state index contributed by atoms with van der Waals surface area (Å²) in [5.41, 5.74) is 10.5. The van der Waals surface area contributed by atoms with Gasteiger partial charge in [-0.15, -0.1) is 0 Å². The average Bonchev–Trinajstić information content (AvgIpc) is 2.88. The minimum absolute atomic E-state index is 0.444. The van der Waals surface area contributed by atoms with Crippen LogP contribution in [-0.4, -0.2) is 4.98 Å². The van der Waals surface area contributed by atoms with E-state index in [2.05, 4.69) is 27.0 Å². The highest BCUT2D eigenvalue weighted by Crippen LogP contribution is 2.33. The van der Waals surface area contributed by atoms with Gasteiger partial charge in [0, 0.05) is 17.8 Å². The molecule has 2 aromatic rings. The molecule has 0 aliphatic heterocycles. The van der Waals surface area contributed by atoms with Gasteiger partial charge in [-0.3, -0.25) is 0 Å². The fourth-order valence-corrected chi connectivity index (χ4v) is 3.10. The van der Waals surface area contributed by atoms with Crippen LogP contribution >= 0.6 is 15.9 Å². The number of rotatable bonds is 3. The second kappa shape index (κ2) is 5.54. The van der Waals surface area contributed by atoms with Crippen LogP contribution in [0.15, 0.2) is 28.7 Å². The van der Waals surface area contributed by atoms with Gasteiger partial charge < -0.3 is 10.5 Å².